The summed E-state index contributed by atoms with van der Waals surface area (Å²) >= 11 is 0. The third-order valence-electron chi connectivity index (χ3n) is 5.00. The van der Waals surface area contributed by atoms with Gasteiger partial charge in [-0.1, -0.05) is 18.2 Å². The number of nitrogens with one attached hydrogen (secondary N) is 2. The van der Waals surface area contributed by atoms with E-state index >= 15 is 0 Å². The maximum atomic E-state index is 11.6. The molecule has 1 aromatic rings. The molecule has 0 atom stereocenters. The second kappa shape index (κ2) is 8.88. The Morgan fingerprint density at radius 2 is 2.04 bits per heavy atom. The van der Waals surface area contributed by atoms with Crippen molar-refractivity contribution in [2.45, 2.75) is 52.0 Å². The van der Waals surface area contributed by atoms with E-state index in [1.54, 1.807) is 0 Å². The molecular formula is C20H30N4O. The molecule has 0 radical (unpaired) electrons. The molecule has 1 saturated heterocycles. The minimum atomic E-state index is 0.303. The molecule has 3 rings (SSSR count). The fraction of sp³-hybridized carbons (Fsp3) is 0.600. The van der Waals surface area contributed by atoms with Crippen molar-refractivity contribution in [3.8, 4) is 0 Å². The fourth-order valence-corrected chi connectivity index (χ4v) is 3.65. The number of likely N-dealkylation sites (tertiary alicyclic amines) is 1. The summed E-state index contributed by atoms with van der Waals surface area (Å²) in [5, 5.41) is 6.68. The number of nitrogens with zero attached hydrogens (tertiary/aromatic N) is 2. The third-order valence-corrected chi connectivity index (χ3v) is 5.00. The van der Waals surface area contributed by atoms with Crippen molar-refractivity contribution < 1.29 is 4.79 Å². The van der Waals surface area contributed by atoms with Crippen molar-refractivity contribution >= 4 is 11.9 Å². The molecule has 0 bridgehead atoms. The quantitative estimate of drug-likeness (QED) is 0.454. The average molecular weight is 342 g/mol. The van der Waals surface area contributed by atoms with Gasteiger partial charge >= 0.3 is 0 Å². The molecule has 1 amide bonds. The van der Waals surface area contributed by atoms with Crippen molar-refractivity contribution in [1.29, 1.82) is 0 Å². The zero-order chi connectivity index (χ0) is 17.5. The van der Waals surface area contributed by atoms with Gasteiger partial charge in [-0.05, 0) is 55.7 Å². The van der Waals surface area contributed by atoms with Gasteiger partial charge in [0, 0.05) is 32.6 Å². The second-order valence-electron chi connectivity index (χ2n) is 6.92. The molecule has 0 spiro atoms. The monoisotopic (exact) mass is 342 g/mol. The third kappa shape index (κ3) is 4.97. The van der Waals surface area contributed by atoms with Crippen LogP contribution in [-0.4, -0.2) is 42.9 Å². The molecule has 136 valence electrons. The van der Waals surface area contributed by atoms with Crippen LogP contribution in [0, 0.1) is 0 Å². The lowest BCUT2D eigenvalue weighted by molar-refractivity contribution is -0.127. The zero-order valence-electron chi connectivity index (χ0n) is 15.3. The molecule has 2 aliphatic rings. The fourth-order valence-electron chi connectivity index (χ4n) is 3.65. The standard InChI is InChI=1S/C20H30N4O/c1-2-21-20(22-11-5-13-24-12-4-8-19(24)25)23-15-16-9-10-17-6-3-7-18(17)14-16/h9-10,14H,2-8,11-13,15H2,1H3,(H2,21,22,23). The SMILES string of the molecule is CCNC(=NCc1ccc2c(c1)CCC2)NCCCN1CCCC1=O. The molecule has 1 aromatic carbocycles. The summed E-state index contributed by atoms with van der Waals surface area (Å²) in [5.41, 5.74) is 4.29. The Bertz CT molecular complexity index is 626. The topological polar surface area (TPSA) is 56.7 Å². The molecule has 0 saturated carbocycles. The maximum absolute atomic E-state index is 11.6. The molecule has 1 heterocycles. The Morgan fingerprint density at radius 1 is 1.16 bits per heavy atom. The van der Waals surface area contributed by atoms with Crippen LogP contribution in [-0.2, 0) is 24.2 Å². The number of hydrogen-bond acceptors (Lipinski definition) is 2. The van der Waals surface area contributed by atoms with Gasteiger partial charge < -0.3 is 15.5 Å². The second-order valence-corrected chi connectivity index (χ2v) is 6.92. The van der Waals surface area contributed by atoms with Gasteiger partial charge in [-0.2, -0.15) is 0 Å². The predicted octanol–water partition coefficient (Wildman–Crippen LogP) is 2.24. The number of rotatable bonds is 7. The lowest BCUT2D eigenvalue weighted by atomic mass is 10.1. The average Bonchev–Trinajstić information content (AvgIpc) is 3.24. The summed E-state index contributed by atoms with van der Waals surface area (Å²) in [7, 11) is 0. The Hall–Kier alpha value is -2.04. The summed E-state index contributed by atoms with van der Waals surface area (Å²) in [4.78, 5) is 18.3. The lowest BCUT2D eigenvalue weighted by Gasteiger charge is -2.16. The van der Waals surface area contributed by atoms with E-state index in [0.717, 1.165) is 51.4 Å². The molecule has 5 nitrogen and oxygen atoms in total. The first-order valence-electron chi connectivity index (χ1n) is 9.67. The highest BCUT2D eigenvalue weighted by Gasteiger charge is 2.18. The van der Waals surface area contributed by atoms with Crippen LogP contribution in [0.2, 0.25) is 0 Å². The Kier molecular flexibility index (Phi) is 6.31. The van der Waals surface area contributed by atoms with Crippen molar-refractivity contribution in [3.05, 3.63) is 34.9 Å². The van der Waals surface area contributed by atoms with Crippen molar-refractivity contribution in [2.24, 2.45) is 4.99 Å². The zero-order valence-corrected chi connectivity index (χ0v) is 15.3. The molecule has 2 N–H and O–H groups in total. The molecule has 1 aliphatic heterocycles. The number of amides is 1. The summed E-state index contributed by atoms with van der Waals surface area (Å²) < 4.78 is 0. The van der Waals surface area contributed by atoms with E-state index in [2.05, 4.69) is 35.8 Å². The first-order chi connectivity index (χ1) is 12.3. The van der Waals surface area contributed by atoms with Gasteiger partial charge in [0.15, 0.2) is 5.96 Å². The van der Waals surface area contributed by atoms with Crippen LogP contribution in [0.5, 0.6) is 0 Å². The number of benzene rings is 1. The number of fused-ring (bicyclic) bond motifs is 1. The number of hydrogen-bond donors (Lipinski definition) is 2. The van der Waals surface area contributed by atoms with E-state index in [1.807, 2.05) is 4.90 Å². The maximum Gasteiger partial charge on any atom is 0.222 e. The van der Waals surface area contributed by atoms with Crippen LogP contribution in [0.1, 0.15) is 49.3 Å². The van der Waals surface area contributed by atoms with Gasteiger partial charge in [0.1, 0.15) is 0 Å². The van der Waals surface area contributed by atoms with Crippen LogP contribution in [0.25, 0.3) is 0 Å². The van der Waals surface area contributed by atoms with Gasteiger partial charge in [-0.25, -0.2) is 4.99 Å². The van der Waals surface area contributed by atoms with Gasteiger partial charge in [0.05, 0.1) is 6.54 Å². The molecule has 1 aliphatic carbocycles. The van der Waals surface area contributed by atoms with Gasteiger partial charge in [-0.15, -0.1) is 0 Å². The van der Waals surface area contributed by atoms with Gasteiger partial charge in [0.25, 0.3) is 0 Å². The number of aliphatic imine (C=N–C) groups is 1. The molecule has 0 unspecified atom stereocenters. The Balaban J connectivity index is 1.46. The molecule has 0 aromatic heterocycles. The number of aryl methyl sites for hydroxylation is 2. The summed E-state index contributed by atoms with van der Waals surface area (Å²) in [6.45, 7) is 6.23. The van der Waals surface area contributed by atoms with Crippen molar-refractivity contribution in [1.82, 2.24) is 15.5 Å². The molecule has 1 fully saturated rings. The van der Waals surface area contributed by atoms with Crippen LogP contribution in [0.3, 0.4) is 0 Å². The van der Waals surface area contributed by atoms with E-state index in [-0.39, 0.29) is 0 Å². The molecule has 5 heteroatoms. The lowest BCUT2D eigenvalue weighted by Crippen LogP contribution is -2.39. The Labute approximate surface area is 150 Å². The predicted molar refractivity (Wildman–Crippen MR) is 102 cm³/mol. The summed E-state index contributed by atoms with van der Waals surface area (Å²) in [5.74, 6) is 1.16. The van der Waals surface area contributed by atoms with E-state index in [0.29, 0.717) is 12.5 Å². The largest absolute Gasteiger partial charge is 0.357 e. The van der Waals surface area contributed by atoms with Gasteiger partial charge in [0.2, 0.25) is 5.91 Å². The van der Waals surface area contributed by atoms with Crippen molar-refractivity contribution in [3.63, 3.8) is 0 Å². The first kappa shape index (κ1) is 17.8. The van der Waals surface area contributed by atoms with Crippen LogP contribution in [0.15, 0.2) is 23.2 Å². The highest BCUT2D eigenvalue weighted by atomic mass is 16.2. The summed E-state index contributed by atoms with van der Waals surface area (Å²) in [6, 6.07) is 6.78. The van der Waals surface area contributed by atoms with E-state index in [9.17, 15) is 4.79 Å². The van der Waals surface area contributed by atoms with Gasteiger partial charge in [-0.3, -0.25) is 4.79 Å². The van der Waals surface area contributed by atoms with Crippen LogP contribution >= 0.6 is 0 Å². The number of carbonyl (C=O) groups excluding carboxylic acids is 1. The smallest absolute Gasteiger partial charge is 0.222 e. The first-order valence-corrected chi connectivity index (χ1v) is 9.67. The number of guanidine groups is 1. The molecular weight excluding hydrogens is 312 g/mol. The van der Waals surface area contributed by atoms with Crippen molar-refractivity contribution in [2.75, 3.05) is 26.2 Å². The highest BCUT2D eigenvalue weighted by Crippen LogP contribution is 2.23. The van der Waals surface area contributed by atoms with Crippen LogP contribution in [0.4, 0.5) is 0 Å². The van der Waals surface area contributed by atoms with E-state index in [4.69, 9.17) is 4.99 Å². The molecule has 25 heavy (non-hydrogen) atoms. The van der Waals surface area contributed by atoms with Crippen LogP contribution < -0.4 is 10.6 Å². The Morgan fingerprint density at radius 3 is 2.84 bits per heavy atom. The summed E-state index contributed by atoms with van der Waals surface area (Å²) in [6.07, 6.45) is 6.40. The minimum absolute atomic E-state index is 0.303. The normalized spacial score (nSPS) is 17.1. The minimum Gasteiger partial charge on any atom is -0.357 e. The van der Waals surface area contributed by atoms with E-state index in [1.165, 1.54) is 36.0 Å². The number of carbonyl (C=O) groups is 1. The highest BCUT2D eigenvalue weighted by molar-refractivity contribution is 5.79. The van der Waals surface area contributed by atoms with E-state index < -0.39 is 0 Å².